The Morgan fingerprint density at radius 3 is 3.04 bits per heavy atom. The van der Waals surface area contributed by atoms with Crippen LogP contribution in [-0.2, 0) is 9.47 Å². The monoisotopic (exact) mass is 325 g/mol. The van der Waals surface area contributed by atoms with Gasteiger partial charge in [0.1, 0.15) is 0 Å². The number of rotatable bonds is 2. The normalized spacial score (nSPS) is 22.8. The molecule has 2 aliphatic heterocycles. The van der Waals surface area contributed by atoms with E-state index in [9.17, 15) is 0 Å². The molecule has 0 amide bonds. The van der Waals surface area contributed by atoms with Crippen LogP contribution in [0.2, 0.25) is 0 Å². The lowest BCUT2D eigenvalue weighted by molar-refractivity contribution is 0.0404. The van der Waals surface area contributed by atoms with Gasteiger partial charge in [-0.1, -0.05) is 12.1 Å². The van der Waals surface area contributed by atoms with E-state index in [1.165, 1.54) is 11.3 Å². The summed E-state index contributed by atoms with van der Waals surface area (Å²) < 4.78 is 11.4. The van der Waals surface area contributed by atoms with Crippen LogP contribution in [0.1, 0.15) is 23.8 Å². The van der Waals surface area contributed by atoms with Crippen LogP contribution < -0.4 is 10.6 Å². The van der Waals surface area contributed by atoms with Crippen molar-refractivity contribution in [2.45, 2.75) is 25.5 Å². The van der Waals surface area contributed by atoms with E-state index in [-0.39, 0.29) is 6.10 Å². The average Bonchev–Trinajstić information content (AvgIpc) is 2.62. The first-order valence-electron chi connectivity index (χ1n) is 8.41. The van der Waals surface area contributed by atoms with Crippen LogP contribution in [0.5, 0.6) is 0 Å². The van der Waals surface area contributed by atoms with Gasteiger partial charge in [-0.15, -0.1) is 0 Å². The van der Waals surface area contributed by atoms with Crippen LogP contribution in [0.3, 0.4) is 0 Å². The standard InChI is InChI=1S/C19H23N3O2/c1-12-17(8-14(20)10-21-12)13-3-4-16-18(7-13)22-5-6-24-11-15(22)9-19(16)23-2/h3-4,7-8,10,15,19H,5-6,9,11,20H2,1-2H3. The van der Waals surface area contributed by atoms with Crippen molar-refractivity contribution >= 4 is 11.4 Å². The van der Waals surface area contributed by atoms with Crippen LogP contribution >= 0.6 is 0 Å². The molecule has 1 aromatic carbocycles. The molecule has 5 heteroatoms. The first kappa shape index (κ1) is 15.4. The van der Waals surface area contributed by atoms with Gasteiger partial charge in [0, 0.05) is 42.6 Å². The molecule has 5 nitrogen and oxygen atoms in total. The van der Waals surface area contributed by atoms with E-state index in [1.807, 2.05) is 13.0 Å². The van der Waals surface area contributed by atoms with Crippen molar-refractivity contribution in [1.29, 1.82) is 0 Å². The second-order valence-electron chi connectivity index (χ2n) is 6.56. The fourth-order valence-electron chi connectivity index (χ4n) is 3.84. The number of nitrogens with zero attached hydrogens (tertiary/aromatic N) is 2. The highest BCUT2D eigenvalue weighted by Gasteiger charge is 2.34. The third-order valence-corrected chi connectivity index (χ3v) is 5.10. The topological polar surface area (TPSA) is 60.6 Å². The lowest BCUT2D eigenvalue weighted by Gasteiger charge is -2.44. The van der Waals surface area contributed by atoms with Crippen LogP contribution in [0, 0.1) is 6.92 Å². The number of aromatic nitrogens is 1. The average molecular weight is 325 g/mol. The maximum absolute atomic E-state index is 5.94. The number of anilines is 2. The predicted octanol–water partition coefficient (Wildman–Crippen LogP) is 2.94. The van der Waals surface area contributed by atoms with E-state index in [0.717, 1.165) is 43.0 Å². The molecule has 0 radical (unpaired) electrons. The van der Waals surface area contributed by atoms with Gasteiger partial charge in [-0.25, -0.2) is 0 Å². The Hall–Kier alpha value is -2.11. The van der Waals surface area contributed by atoms with Crippen molar-refractivity contribution in [3.63, 3.8) is 0 Å². The van der Waals surface area contributed by atoms with Gasteiger partial charge in [-0.2, -0.15) is 0 Å². The molecule has 0 bridgehead atoms. The van der Waals surface area contributed by atoms with Gasteiger partial charge in [-0.05, 0) is 24.6 Å². The molecule has 1 saturated heterocycles. The highest BCUT2D eigenvalue weighted by molar-refractivity contribution is 5.75. The fraction of sp³-hybridized carbons (Fsp3) is 0.421. The number of nitrogen functional groups attached to an aromatic ring is 1. The molecule has 2 aromatic rings. The lowest BCUT2D eigenvalue weighted by atomic mass is 9.90. The summed E-state index contributed by atoms with van der Waals surface area (Å²) in [5, 5.41) is 0. The van der Waals surface area contributed by atoms with E-state index < -0.39 is 0 Å². The van der Waals surface area contributed by atoms with Crippen molar-refractivity contribution in [3.8, 4) is 11.1 Å². The van der Waals surface area contributed by atoms with Crippen LogP contribution in [0.15, 0.2) is 30.5 Å². The van der Waals surface area contributed by atoms with Gasteiger partial charge in [0.2, 0.25) is 0 Å². The van der Waals surface area contributed by atoms with Crippen LogP contribution in [0.4, 0.5) is 11.4 Å². The zero-order valence-electron chi connectivity index (χ0n) is 14.2. The minimum absolute atomic E-state index is 0.122. The first-order chi connectivity index (χ1) is 11.7. The summed E-state index contributed by atoms with van der Waals surface area (Å²) in [5.74, 6) is 0. The number of benzene rings is 1. The number of aryl methyl sites for hydroxylation is 1. The second kappa shape index (κ2) is 6.07. The minimum atomic E-state index is 0.122. The summed E-state index contributed by atoms with van der Waals surface area (Å²) in [4.78, 5) is 6.86. The SMILES string of the molecule is COC1CC2COCCN2c2cc(-c3cc(N)cnc3C)ccc21. The van der Waals surface area contributed by atoms with Gasteiger partial charge < -0.3 is 20.1 Å². The van der Waals surface area contributed by atoms with E-state index in [0.29, 0.717) is 11.7 Å². The van der Waals surface area contributed by atoms with E-state index in [4.69, 9.17) is 15.2 Å². The molecular formula is C19H23N3O2. The summed E-state index contributed by atoms with van der Waals surface area (Å²) >= 11 is 0. The highest BCUT2D eigenvalue weighted by Crippen LogP contribution is 2.42. The number of hydrogen-bond donors (Lipinski definition) is 1. The molecule has 2 aliphatic rings. The Balaban J connectivity index is 1.82. The van der Waals surface area contributed by atoms with Crippen molar-refractivity contribution in [2.24, 2.45) is 0 Å². The molecule has 1 fully saturated rings. The first-order valence-corrected chi connectivity index (χ1v) is 8.41. The van der Waals surface area contributed by atoms with Gasteiger partial charge in [0.15, 0.2) is 0 Å². The molecule has 2 N–H and O–H groups in total. The summed E-state index contributed by atoms with van der Waals surface area (Å²) in [5.41, 5.74) is 12.4. The molecular weight excluding hydrogens is 302 g/mol. The Labute approximate surface area is 142 Å². The maximum atomic E-state index is 5.94. The molecule has 24 heavy (non-hydrogen) atoms. The molecule has 1 aromatic heterocycles. The quantitative estimate of drug-likeness (QED) is 0.920. The number of morpholine rings is 1. The Kier molecular flexibility index (Phi) is 3.90. The molecule has 2 unspecified atom stereocenters. The molecule has 4 rings (SSSR count). The molecule has 3 heterocycles. The summed E-state index contributed by atoms with van der Waals surface area (Å²) in [7, 11) is 1.79. The smallest absolute Gasteiger partial charge is 0.0861 e. The summed E-state index contributed by atoms with van der Waals surface area (Å²) in [6.07, 6.45) is 2.80. The number of nitrogens with two attached hydrogens (primary N) is 1. The molecule has 0 aliphatic carbocycles. The lowest BCUT2D eigenvalue weighted by Crippen LogP contribution is -2.49. The van der Waals surface area contributed by atoms with Crippen molar-refractivity contribution in [1.82, 2.24) is 4.98 Å². The molecule has 0 spiro atoms. The Morgan fingerprint density at radius 2 is 2.21 bits per heavy atom. The molecule has 2 atom stereocenters. The highest BCUT2D eigenvalue weighted by atomic mass is 16.5. The van der Waals surface area contributed by atoms with Gasteiger partial charge in [-0.3, -0.25) is 4.98 Å². The zero-order valence-corrected chi connectivity index (χ0v) is 14.2. The third-order valence-electron chi connectivity index (χ3n) is 5.10. The second-order valence-corrected chi connectivity index (χ2v) is 6.56. The summed E-state index contributed by atoms with van der Waals surface area (Å²) in [6, 6.07) is 8.97. The molecule has 0 saturated carbocycles. The van der Waals surface area contributed by atoms with Crippen molar-refractivity contribution < 1.29 is 9.47 Å². The predicted molar refractivity (Wildman–Crippen MR) is 95.1 cm³/mol. The molecule has 126 valence electrons. The summed E-state index contributed by atoms with van der Waals surface area (Å²) in [6.45, 7) is 4.48. The number of fused-ring (bicyclic) bond motifs is 3. The number of hydrogen-bond acceptors (Lipinski definition) is 5. The van der Waals surface area contributed by atoms with Gasteiger partial charge >= 0.3 is 0 Å². The zero-order chi connectivity index (χ0) is 16.7. The number of methoxy groups -OCH3 is 1. The number of pyridine rings is 1. The minimum Gasteiger partial charge on any atom is -0.397 e. The largest absolute Gasteiger partial charge is 0.397 e. The van der Waals surface area contributed by atoms with Crippen LogP contribution in [-0.4, -0.2) is 37.9 Å². The van der Waals surface area contributed by atoms with Gasteiger partial charge in [0.05, 0.1) is 37.2 Å². The van der Waals surface area contributed by atoms with Gasteiger partial charge in [0.25, 0.3) is 0 Å². The Bertz CT molecular complexity index is 762. The van der Waals surface area contributed by atoms with Crippen LogP contribution in [0.25, 0.3) is 11.1 Å². The third kappa shape index (κ3) is 2.54. The maximum Gasteiger partial charge on any atom is 0.0861 e. The van der Waals surface area contributed by atoms with E-state index >= 15 is 0 Å². The van der Waals surface area contributed by atoms with E-state index in [1.54, 1.807) is 13.3 Å². The Morgan fingerprint density at radius 1 is 1.33 bits per heavy atom. The van der Waals surface area contributed by atoms with Crippen molar-refractivity contribution in [3.05, 3.63) is 41.7 Å². The fourth-order valence-corrected chi connectivity index (χ4v) is 3.84. The number of ether oxygens (including phenoxy) is 2. The van der Waals surface area contributed by atoms with E-state index in [2.05, 4.69) is 28.1 Å². The van der Waals surface area contributed by atoms with Crippen molar-refractivity contribution in [2.75, 3.05) is 37.5 Å².